The number of amides is 2. The van der Waals surface area contributed by atoms with Crippen molar-refractivity contribution in [2.75, 3.05) is 29.2 Å². The molecule has 2 aromatic rings. The fraction of sp³-hybridized carbons (Fsp3) is 0.542. The second-order valence-corrected chi connectivity index (χ2v) is 11.1. The number of ether oxygens (including phenoxy) is 1. The third-order valence-electron chi connectivity index (χ3n) is 5.43. The molecule has 1 heterocycles. The van der Waals surface area contributed by atoms with E-state index in [1.807, 2.05) is 0 Å². The van der Waals surface area contributed by atoms with Gasteiger partial charge in [-0.1, -0.05) is 13.8 Å². The van der Waals surface area contributed by atoms with Gasteiger partial charge in [-0.15, -0.1) is 0 Å². The molecule has 1 aromatic heterocycles. The van der Waals surface area contributed by atoms with Crippen molar-refractivity contribution in [1.29, 1.82) is 0 Å². The zero-order valence-corrected chi connectivity index (χ0v) is 22.8. The second-order valence-electron chi connectivity index (χ2n) is 8.97. The first-order valence-corrected chi connectivity index (χ1v) is 14.3. The van der Waals surface area contributed by atoms with Crippen LogP contribution >= 0.6 is 0 Å². The maximum Gasteiger partial charge on any atom is 0.422 e. The first-order valence-electron chi connectivity index (χ1n) is 12.2. The standard InChI is InChI=1S/C24H30F6N4O5S/c1-4-15-12-16(39-14-24(28,29)30)8-9-18(15)31-22(36)20-17(5-2)33-34(11-7-6-10-23(25,26)27)21(20)32-19(35)13-40(3,37)38/h8-9,12H,4-7,10-11,13-14H2,1-3H3,(H,31,36)(H,32,35). The molecular formula is C24H30F6N4O5S. The van der Waals surface area contributed by atoms with Crippen molar-refractivity contribution in [3.05, 3.63) is 35.0 Å². The minimum atomic E-state index is -4.54. The van der Waals surface area contributed by atoms with Gasteiger partial charge in [-0.25, -0.2) is 13.1 Å². The van der Waals surface area contributed by atoms with E-state index in [9.17, 15) is 44.3 Å². The Morgan fingerprint density at radius 2 is 1.68 bits per heavy atom. The van der Waals surface area contributed by atoms with E-state index in [1.54, 1.807) is 13.8 Å². The summed E-state index contributed by atoms with van der Waals surface area (Å²) in [5.41, 5.74) is 0.735. The Labute approximate surface area is 227 Å². The van der Waals surface area contributed by atoms with Gasteiger partial charge in [0.1, 0.15) is 22.9 Å². The molecule has 0 aliphatic carbocycles. The Morgan fingerprint density at radius 1 is 1.00 bits per heavy atom. The summed E-state index contributed by atoms with van der Waals surface area (Å²) in [5.74, 6) is -2.91. The molecule has 40 heavy (non-hydrogen) atoms. The molecule has 2 amide bonds. The summed E-state index contributed by atoms with van der Waals surface area (Å²) in [6.45, 7) is 1.75. The number of alkyl halides is 6. The number of carbonyl (C=O) groups excluding carboxylic acids is 2. The fourth-order valence-electron chi connectivity index (χ4n) is 3.70. The Hall–Kier alpha value is -3.30. The van der Waals surface area contributed by atoms with E-state index in [2.05, 4.69) is 15.7 Å². The van der Waals surface area contributed by atoms with Crippen LogP contribution in [0, 0.1) is 0 Å². The summed E-state index contributed by atoms with van der Waals surface area (Å²) in [4.78, 5) is 25.8. The maximum absolute atomic E-state index is 13.4. The number of unbranched alkanes of at least 4 members (excludes halogenated alkanes) is 1. The van der Waals surface area contributed by atoms with E-state index in [-0.39, 0.29) is 54.3 Å². The van der Waals surface area contributed by atoms with Crippen LogP contribution in [0.5, 0.6) is 5.75 Å². The third-order valence-corrected chi connectivity index (χ3v) is 6.21. The minimum absolute atomic E-state index is 0.000277. The Bertz CT molecular complexity index is 1310. The average molecular weight is 601 g/mol. The lowest BCUT2D eigenvalue weighted by Gasteiger charge is -2.15. The third kappa shape index (κ3) is 10.7. The molecule has 0 saturated heterocycles. The zero-order valence-electron chi connectivity index (χ0n) is 22.0. The number of rotatable bonds is 13. The van der Waals surface area contributed by atoms with Crippen LogP contribution in [-0.2, 0) is 34.0 Å². The highest BCUT2D eigenvalue weighted by Crippen LogP contribution is 2.28. The van der Waals surface area contributed by atoms with Gasteiger partial charge in [0, 0.05) is 24.9 Å². The summed E-state index contributed by atoms with van der Waals surface area (Å²) in [6, 6.07) is 3.92. The van der Waals surface area contributed by atoms with Gasteiger partial charge in [-0.3, -0.25) is 9.59 Å². The van der Waals surface area contributed by atoms with Crippen LogP contribution < -0.4 is 15.4 Å². The van der Waals surface area contributed by atoms with Gasteiger partial charge in [0.15, 0.2) is 16.4 Å². The van der Waals surface area contributed by atoms with Crippen LogP contribution in [0.25, 0.3) is 0 Å². The van der Waals surface area contributed by atoms with Gasteiger partial charge in [-0.05, 0) is 49.4 Å². The number of hydrogen-bond donors (Lipinski definition) is 2. The molecule has 0 fully saturated rings. The number of carbonyl (C=O) groups is 2. The van der Waals surface area contributed by atoms with Crippen molar-refractivity contribution in [2.45, 2.75) is 64.8 Å². The molecule has 0 aliphatic rings. The molecule has 0 radical (unpaired) electrons. The predicted molar refractivity (Wildman–Crippen MR) is 135 cm³/mol. The zero-order chi connectivity index (χ0) is 30.3. The first-order chi connectivity index (χ1) is 18.4. The quantitative estimate of drug-likeness (QED) is 0.249. The second kappa shape index (κ2) is 13.4. The monoisotopic (exact) mass is 600 g/mol. The molecule has 1 aromatic carbocycles. The Balaban J connectivity index is 2.40. The van der Waals surface area contributed by atoms with Crippen LogP contribution in [0.2, 0.25) is 0 Å². The topological polar surface area (TPSA) is 119 Å². The molecule has 16 heteroatoms. The van der Waals surface area contributed by atoms with Crippen LogP contribution in [0.15, 0.2) is 18.2 Å². The van der Waals surface area contributed by atoms with Gasteiger partial charge >= 0.3 is 12.4 Å². The van der Waals surface area contributed by atoms with Gasteiger partial charge in [0.25, 0.3) is 5.91 Å². The van der Waals surface area contributed by atoms with Gasteiger partial charge in [-0.2, -0.15) is 31.4 Å². The summed E-state index contributed by atoms with van der Waals surface area (Å²) < 4.78 is 104. The van der Waals surface area contributed by atoms with Crippen molar-refractivity contribution >= 4 is 33.2 Å². The summed E-state index contributed by atoms with van der Waals surface area (Å²) in [5, 5.41) is 9.24. The minimum Gasteiger partial charge on any atom is -0.484 e. The summed E-state index contributed by atoms with van der Waals surface area (Å²) in [6.07, 6.45) is -8.87. The molecular weight excluding hydrogens is 570 g/mol. The molecule has 0 unspecified atom stereocenters. The van der Waals surface area contributed by atoms with Gasteiger partial charge < -0.3 is 15.4 Å². The van der Waals surface area contributed by atoms with E-state index in [4.69, 9.17) is 4.74 Å². The molecule has 2 rings (SSSR count). The van der Waals surface area contributed by atoms with Crippen LogP contribution in [-0.4, -0.2) is 61.0 Å². The highest BCUT2D eigenvalue weighted by atomic mass is 32.2. The van der Waals surface area contributed by atoms with Crippen molar-refractivity contribution in [3.8, 4) is 5.75 Å². The molecule has 0 saturated carbocycles. The smallest absolute Gasteiger partial charge is 0.422 e. The number of aryl methyl sites for hydroxylation is 3. The van der Waals surface area contributed by atoms with Crippen LogP contribution in [0.4, 0.5) is 37.8 Å². The molecule has 9 nitrogen and oxygen atoms in total. The molecule has 0 aliphatic heterocycles. The highest BCUT2D eigenvalue weighted by Gasteiger charge is 2.29. The van der Waals surface area contributed by atoms with Gasteiger partial charge in [0.2, 0.25) is 5.91 Å². The number of nitrogens with one attached hydrogen (secondary N) is 2. The van der Waals surface area contributed by atoms with E-state index in [0.29, 0.717) is 12.0 Å². The normalized spacial score (nSPS) is 12.3. The van der Waals surface area contributed by atoms with Crippen LogP contribution in [0.1, 0.15) is 54.7 Å². The first kappa shape index (κ1) is 32.9. The SMILES string of the molecule is CCc1cc(OCC(F)(F)F)ccc1NC(=O)c1c(CC)nn(CCCCC(F)(F)F)c1NC(=O)CS(C)(=O)=O. The number of sulfone groups is 1. The number of benzene rings is 1. The number of nitrogens with zero attached hydrogens (tertiary/aromatic N) is 2. The fourth-order valence-corrected chi connectivity index (χ4v) is 4.25. The van der Waals surface area contributed by atoms with Gasteiger partial charge in [0.05, 0.1) is 5.69 Å². The number of hydrogen-bond acceptors (Lipinski definition) is 6. The molecule has 0 spiro atoms. The lowest BCUT2D eigenvalue weighted by Crippen LogP contribution is -2.25. The van der Waals surface area contributed by atoms with E-state index in [1.165, 1.54) is 18.2 Å². The van der Waals surface area contributed by atoms with E-state index < -0.39 is 52.8 Å². The lowest BCUT2D eigenvalue weighted by atomic mass is 10.1. The van der Waals surface area contributed by atoms with Crippen molar-refractivity contribution < 1.29 is 49.1 Å². The maximum atomic E-state index is 13.4. The molecule has 0 bridgehead atoms. The average Bonchev–Trinajstić information content (AvgIpc) is 3.15. The number of aromatic nitrogens is 2. The Kier molecular flexibility index (Phi) is 11.0. The van der Waals surface area contributed by atoms with Crippen LogP contribution in [0.3, 0.4) is 0 Å². The number of anilines is 2. The largest absolute Gasteiger partial charge is 0.484 e. The van der Waals surface area contributed by atoms with Crippen molar-refractivity contribution in [2.24, 2.45) is 0 Å². The summed E-state index contributed by atoms with van der Waals surface area (Å²) >= 11 is 0. The van der Waals surface area contributed by atoms with E-state index >= 15 is 0 Å². The van der Waals surface area contributed by atoms with E-state index in [0.717, 1.165) is 10.9 Å². The lowest BCUT2D eigenvalue weighted by molar-refractivity contribution is -0.153. The molecule has 0 atom stereocenters. The van der Waals surface area contributed by atoms with Crippen molar-refractivity contribution in [3.63, 3.8) is 0 Å². The molecule has 224 valence electrons. The summed E-state index contributed by atoms with van der Waals surface area (Å²) in [7, 11) is -3.75. The number of halogens is 6. The Morgan fingerprint density at radius 3 is 2.23 bits per heavy atom. The van der Waals surface area contributed by atoms with Crippen molar-refractivity contribution in [1.82, 2.24) is 9.78 Å². The highest BCUT2D eigenvalue weighted by molar-refractivity contribution is 7.91. The predicted octanol–water partition coefficient (Wildman–Crippen LogP) is 4.92. The molecule has 2 N–H and O–H groups in total.